The number of carbonyl (C=O) groups excluding carboxylic acids is 2. The molecule has 2 aliphatic heterocycles. The van der Waals surface area contributed by atoms with Gasteiger partial charge in [-0.05, 0) is 48.8 Å². The molecule has 0 radical (unpaired) electrons. The van der Waals surface area contributed by atoms with Crippen molar-refractivity contribution in [3.63, 3.8) is 0 Å². The number of likely N-dealkylation sites (N-methyl/N-ethyl adjacent to an activating group) is 1. The molecule has 4 rings (SSSR count). The summed E-state index contributed by atoms with van der Waals surface area (Å²) < 4.78 is 1.73. The van der Waals surface area contributed by atoms with Crippen molar-refractivity contribution in [1.29, 1.82) is 0 Å². The molecule has 26 heavy (non-hydrogen) atoms. The quantitative estimate of drug-likeness (QED) is 0.900. The molecule has 0 bridgehead atoms. The molecule has 0 atom stereocenters. The van der Waals surface area contributed by atoms with Crippen molar-refractivity contribution in [2.45, 2.75) is 37.2 Å². The summed E-state index contributed by atoms with van der Waals surface area (Å²) in [5.74, 6) is 0.993. The highest BCUT2D eigenvalue weighted by Gasteiger charge is 2.26. The number of hydrogen-bond donors (Lipinski definition) is 1. The average Bonchev–Trinajstić information content (AvgIpc) is 2.92. The Morgan fingerprint density at radius 3 is 3.08 bits per heavy atom. The summed E-state index contributed by atoms with van der Waals surface area (Å²) in [6, 6.07) is 5.95. The summed E-state index contributed by atoms with van der Waals surface area (Å²) >= 11 is 1.87. The normalized spacial score (nSPS) is 16.7. The SMILES string of the molecule is CN1CCn2ncc(CNC(=O)c3ccc4c(c3)CCCCS4)c2C1=O. The topological polar surface area (TPSA) is 67.2 Å². The summed E-state index contributed by atoms with van der Waals surface area (Å²) in [6.07, 6.45) is 5.10. The number of benzene rings is 1. The highest BCUT2D eigenvalue weighted by atomic mass is 32.2. The lowest BCUT2D eigenvalue weighted by Gasteiger charge is -2.24. The van der Waals surface area contributed by atoms with E-state index in [1.165, 1.54) is 23.3 Å². The number of fused-ring (bicyclic) bond motifs is 2. The summed E-state index contributed by atoms with van der Waals surface area (Å²) in [5, 5.41) is 7.21. The Kier molecular flexibility index (Phi) is 4.72. The number of nitrogens with zero attached hydrogens (tertiary/aromatic N) is 3. The molecular weight excluding hydrogens is 348 g/mol. The molecular formula is C19H22N4O2S. The van der Waals surface area contributed by atoms with Crippen LogP contribution in [0.3, 0.4) is 0 Å². The molecule has 0 saturated heterocycles. The van der Waals surface area contributed by atoms with Gasteiger partial charge in [-0.3, -0.25) is 14.3 Å². The number of thioether (sulfide) groups is 1. The third kappa shape index (κ3) is 3.23. The van der Waals surface area contributed by atoms with E-state index in [9.17, 15) is 9.59 Å². The first-order valence-electron chi connectivity index (χ1n) is 8.97. The Hall–Kier alpha value is -2.28. The van der Waals surface area contributed by atoms with Crippen LogP contribution in [0.15, 0.2) is 29.3 Å². The Bertz CT molecular complexity index is 861. The minimum absolute atomic E-state index is 0.0416. The first kappa shape index (κ1) is 17.1. The fourth-order valence-corrected chi connectivity index (χ4v) is 4.51. The molecule has 0 unspecified atom stereocenters. The fourth-order valence-electron chi connectivity index (χ4n) is 3.43. The molecule has 3 heterocycles. The Morgan fingerprint density at radius 2 is 2.19 bits per heavy atom. The van der Waals surface area contributed by atoms with Gasteiger partial charge in [0.15, 0.2) is 0 Å². The molecule has 136 valence electrons. The van der Waals surface area contributed by atoms with Gasteiger partial charge >= 0.3 is 0 Å². The molecule has 2 aliphatic rings. The van der Waals surface area contributed by atoms with Crippen molar-refractivity contribution in [2.75, 3.05) is 19.3 Å². The molecule has 2 amide bonds. The van der Waals surface area contributed by atoms with Gasteiger partial charge in [0.1, 0.15) is 5.69 Å². The number of rotatable bonds is 3. The predicted molar refractivity (Wildman–Crippen MR) is 100 cm³/mol. The van der Waals surface area contributed by atoms with Crippen molar-refractivity contribution < 1.29 is 9.59 Å². The summed E-state index contributed by atoms with van der Waals surface area (Å²) in [5.41, 5.74) is 3.29. The Labute approximate surface area is 156 Å². The summed E-state index contributed by atoms with van der Waals surface area (Å²) in [6.45, 7) is 1.65. The van der Waals surface area contributed by atoms with E-state index in [0.717, 1.165) is 17.7 Å². The minimum atomic E-state index is -0.112. The van der Waals surface area contributed by atoms with Gasteiger partial charge in [-0.15, -0.1) is 11.8 Å². The molecule has 6 nitrogen and oxygen atoms in total. The molecule has 0 fully saturated rings. The molecule has 1 aromatic carbocycles. The smallest absolute Gasteiger partial charge is 0.272 e. The lowest BCUT2D eigenvalue weighted by molar-refractivity contribution is 0.0740. The lowest BCUT2D eigenvalue weighted by atomic mass is 10.0. The molecule has 1 aromatic heterocycles. The Balaban J connectivity index is 1.48. The maximum absolute atomic E-state index is 12.6. The van der Waals surface area contributed by atoms with Crippen LogP contribution < -0.4 is 5.32 Å². The van der Waals surface area contributed by atoms with Gasteiger partial charge in [0, 0.05) is 36.2 Å². The number of nitrogens with one attached hydrogen (secondary N) is 1. The van der Waals surface area contributed by atoms with Crippen molar-refractivity contribution in [1.82, 2.24) is 20.0 Å². The third-order valence-electron chi connectivity index (χ3n) is 4.97. The van der Waals surface area contributed by atoms with E-state index in [-0.39, 0.29) is 11.8 Å². The maximum Gasteiger partial charge on any atom is 0.272 e. The average molecular weight is 370 g/mol. The first-order valence-corrected chi connectivity index (χ1v) is 9.96. The van der Waals surface area contributed by atoms with Gasteiger partial charge < -0.3 is 10.2 Å². The van der Waals surface area contributed by atoms with Gasteiger partial charge in [-0.2, -0.15) is 5.10 Å². The second-order valence-electron chi connectivity index (χ2n) is 6.78. The number of hydrogen-bond acceptors (Lipinski definition) is 4. The van der Waals surface area contributed by atoms with Crippen molar-refractivity contribution >= 4 is 23.6 Å². The predicted octanol–water partition coefficient (Wildman–Crippen LogP) is 2.33. The molecule has 1 N–H and O–H groups in total. The second-order valence-corrected chi connectivity index (χ2v) is 7.92. The number of aromatic nitrogens is 2. The van der Waals surface area contributed by atoms with E-state index in [4.69, 9.17) is 0 Å². The summed E-state index contributed by atoms with van der Waals surface area (Å²) in [7, 11) is 1.79. The maximum atomic E-state index is 12.6. The first-order chi connectivity index (χ1) is 12.6. The van der Waals surface area contributed by atoms with Crippen LogP contribution in [0.4, 0.5) is 0 Å². The van der Waals surface area contributed by atoms with E-state index in [1.807, 2.05) is 23.9 Å². The van der Waals surface area contributed by atoms with E-state index in [2.05, 4.69) is 16.5 Å². The van der Waals surface area contributed by atoms with Crippen LogP contribution in [0.2, 0.25) is 0 Å². The van der Waals surface area contributed by atoms with E-state index < -0.39 is 0 Å². The zero-order valence-electron chi connectivity index (χ0n) is 14.8. The van der Waals surface area contributed by atoms with Gasteiger partial charge in [-0.1, -0.05) is 0 Å². The van der Waals surface area contributed by atoms with Gasteiger partial charge in [0.2, 0.25) is 0 Å². The molecule has 7 heteroatoms. The van der Waals surface area contributed by atoms with Crippen LogP contribution in [-0.4, -0.2) is 45.8 Å². The second kappa shape index (κ2) is 7.15. The van der Waals surface area contributed by atoms with Crippen LogP contribution in [0.5, 0.6) is 0 Å². The Morgan fingerprint density at radius 1 is 1.31 bits per heavy atom. The van der Waals surface area contributed by atoms with E-state index in [0.29, 0.717) is 30.9 Å². The highest BCUT2D eigenvalue weighted by molar-refractivity contribution is 7.99. The van der Waals surface area contributed by atoms with Gasteiger partial charge in [0.05, 0.1) is 12.7 Å². The van der Waals surface area contributed by atoms with E-state index in [1.54, 1.807) is 22.8 Å². The minimum Gasteiger partial charge on any atom is -0.348 e. The molecule has 0 saturated carbocycles. The fraction of sp³-hybridized carbons (Fsp3) is 0.421. The van der Waals surface area contributed by atoms with Crippen molar-refractivity contribution in [2.24, 2.45) is 0 Å². The monoisotopic (exact) mass is 370 g/mol. The van der Waals surface area contributed by atoms with Gasteiger partial charge in [-0.25, -0.2) is 0 Å². The zero-order chi connectivity index (χ0) is 18.1. The van der Waals surface area contributed by atoms with Crippen LogP contribution >= 0.6 is 11.8 Å². The van der Waals surface area contributed by atoms with Crippen molar-refractivity contribution in [3.05, 3.63) is 46.8 Å². The van der Waals surface area contributed by atoms with Crippen LogP contribution in [-0.2, 0) is 19.5 Å². The molecule has 2 aromatic rings. The number of amides is 2. The van der Waals surface area contributed by atoms with E-state index >= 15 is 0 Å². The lowest BCUT2D eigenvalue weighted by Crippen LogP contribution is -2.38. The number of aryl methyl sites for hydroxylation is 1. The van der Waals surface area contributed by atoms with Crippen molar-refractivity contribution in [3.8, 4) is 0 Å². The number of carbonyl (C=O) groups is 2. The van der Waals surface area contributed by atoms with Gasteiger partial charge in [0.25, 0.3) is 11.8 Å². The molecule has 0 spiro atoms. The summed E-state index contributed by atoms with van der Waals surface area (Å²) in [4.78, 5) is 27.9. The van der Waals surface area contributed by atoms with Crippen LogP contribution in [0, 0.1) is 0 Å². The standard InChI is InChI=1S/C19H22N4O2S/c1-22-7-8-23-17(19(22)25)15(12-21-23)11-20-18(24)14-5-6-16-13(10-14)4-2-3-9-26-16/h5-6,10,12H,2-4,7-9,11H2,1H3,(H,20,24). The zero-order valence-corrected chi connectivity index (χ0v) is 15.6. The van der Waals surface area contributed by atoms with Crippen LogP contribution in [0.25, 0.3) is 0 Å². The highest BCUT2D eigenvalue weighted by Crippen LogP contribution is 2.29. The largest absolute Gasteiger partial charge is 0.348 e. The third-order valence-corrected chi connectivity index (χ3v) is 6.17. The van der Waals surface area contributed by atoms with Crippen LogP contribution in [0.1, 0.15) is 44.8 Å². The molecule has 0 aliphatic carbocycles.